The molecule has 0 aromatic carbocycles. The van der Waals surface area contributed by atoms with Crippen LogP contribution in [-0.4, -0.2) is 0 Å². The highest BCUT2D eigenvalue weighted by Crippen LogP contribution is 2.38. The molecule has 0 amide bonds. The predicted octanol–water partition coefficient (Wildman–Crippen LogP) is 5.52. The summed E-state index contributed by atoms with van der Waals surface area (Å²) in [7, 11) is 0. The Balaban J connectivity index is 4.33. The molecule has 0 radical (unpaired) electrons. The Bertz CT molecular complexity index is 157. The minimum atomic E-state index is 0.524. The standard InChI is InChI=1S/C15H32/c1-8-12(4)13(5)11-14(9-2)15(6,7)10-3/h12-14H,8-11H2,1-7H3. The van der Waals surface area contributed by atoms with Crippen LogP contribution in [0.4, 0.5) is 0 Å². The number of rotatable bonds is 7. The molecule has 0 saturated carbocycles. The Kier molecular flexibility index (Phi) is 6.55. The van der Waals surface area contributed by atoms with E-state index in [0.29, 0.717) is 5.41 Å². The Morgan fingerprint density at radius 3 is 1.73 bits per heavy atom. The lowest BCUT2D eigenvalue weighted by atomic mass is 9.70. The van der Waals surface area contributed by atoms with Crippen molar-refractivity contribution in [1.82, 2.24) is 0 Å². The smallest absolute Gasteiger partial charge is 0.0329 e. The van der Waals surface area contributed by atoms with Gasteiger partial charge in [-0.2, -0.15) is 0 Å². The summed E-state index contributed by atoms with van der Waals surface area (Å²) in [6.07, 6.45) is 5.37. The van der Waals surface area contributed by atoms with Gasteiger partial charge in [-0.15, -0.1) is 0 Å². The summed E-state index contributed by atoms with van der Waals surface area (Å²) in [5.74, 6) is 2.66. The second-order valence-electron chi connectivity index (χ2n) is 6.05. The molecule has 0 fully saturated rings. The maximum Gasteiger partial charge on any atom is -0.0329 e. The van der Waals surface area contributed by atoms with Crippen LogP contribution in [-0.2, 0) is 0 Å². The van der Waals surface area contributed by atoms with Gasteiger partial charge in [0.1, 0.15) is 0 Å². The van der Waals surface area contributed by atoms with Gasteiger partial charge in [0.15, 0.2) is 0 Å². The topological polar surface area (TPSA) is 0 Å². The van der Waals surface area contributed by atoms with E-state index in [1.165, 1.54) is 25.7 Å². The Labute approximate surface area is 97.8 Å². The Morgan fingerprint density at radius 1 is 0.867 bits per heavy atom. The molecule has 0 bridgehead atoms. The van der Waals surface area contributed by atoms with Gasteiger partial charge in [0.2, 0.25) is 0 Å². The molecule has 0 aliphatic carbocycles. The summed E-state index contributed by atoms with van der Waals surface area (Å²) in [5.41, 5.74) is 0.524. The van der Waals surface area contributed by atoms with E-state index in [4.69, 9.17) is 0 Å². The molecule has 0 nitrogen and oxygen atoms in total. The van der Waals surface area contributed by atoms with Crippen molar-refractivity contribution in [1.29, 1.82) is 0 Å². The normalized spacial score (nSPS) is 18.6. The lowest BCUT2D eigenvalue weighted by Crippen LogP contribution is -2.26. The van der Waals surface area contributed by atoms with E-state index in [1.807, 2.05) is 0 Å². The van der Waals surface area contributed by atoms with Crippen molar-refractivity contribution in [2.45, 2.75) is 74.1 Å². The van der Waals surface area contributed by atoms with Crippen molar-refractivity contribution in [3.05, 3.63) is 0 Å². The number of hydrogen-bond donors (Lipinski definition) is 0. The molecular formula is C15H32. The Morgan fingerprint density at radius 2 is 1.40 bits per heavy atom. The molecule has 0 N–H and O–H groups in total. The lowest BCUT2D eigenvalue weighted by molar-refractivity contribution is 0.148. The van der Waals surface area contributed by atoms with Crippen molar-refractivity contribution in [3.8, 4) is 0 Å². The summed E-state index contributed by atoms with van der Waals surface area (Å²) in [6.45, 7) is 16.7. The minimum Gasteiger partial charge on any atom is -0.0651 e. The van der Waals surface area contributed by atoms with E-state index in [2.05, 4.69) is 48.5 Å². The highest BCUT2D eigenvalue weighted by atomic mass is 14.3. The molecule has 0 heterocycles. The first-order valence-electron chi connectivity index (χ1n) is 6.88. The van der Waals surface area contributed by atoms with Crippen LogP contribution >= 0.6 is 0 Å². The molecule has 92 valence electrons. The van der Waals surface area contributed by atoms with Gasteiger partial charge in [0, 0.05) is 0 Å². The van der Waals surface area contributed by atoms with Crippen LogP contribution in [0.3, 0.4) is 0 Å². The van der Waals surface area contributed by atoms with Gasteiger partial charge in [0.05, 0.1) is 0 Å². The summed E-state index contributed by atoms with van der Waals surface area (Å²) in [4.78, 5) is 0. The van der Waals surface area contributed by atoms with Gasteiger partial charge in [-0.25, -0.2) is 0 Å². The molecule has 0 heteroatoms. The highest BCUT2D eigenvalue weighted by molar-refractivity contribution is 4.78. The maximum atomic E-state index is 2.44. The van der Waals surface area contributed by atoms with Crippen molar-refractivity contribution in [2.75, 3.05) is 0 Å². The molecule has 0 saturated heterocycles. The lowest BCUT2D eigenvalue weighted by Gasteiger charge is -2.36. The molecule has 0 aliphatic heterocycles. The van der Waals surface area contributed by atoms with Crippen LogP contribution in [0.25, 0.3) is 0 Å². The van der Waals surface area contributed by atoms with E-state index in [-0.39, 0.29) is 0 Å². The fourth-order valence-corrected chi connectivity index (χ4v) is 2.41. The second kappa shape index (κ2) is 6.55. The van der Waals surface area contributed by atoms with E-state index in [9.17, 15) is 0 Å². The Hall–Kier alpha value is 0. The summed E-state index contributed by atoms with van der Waals surface area (Å²) >= 11 is 0. The van der Waals surface area contributed by atoms with Crippen LogP contribution in [0.2, 0.25) is 0 Å². The van der Waals surface area contributed by atoms with E-state index in [0.717, 1.165) is 17.8 Å². The van der Waals surface area contributed by atoms with Crippen molar-refractivity contribution >= 4 is 0 Å². The molecule has 3 atom stereocenters. The van der Waals surface area contributed by atoms with Crippen LogP contribution in [0, 0.1) is 23.2 Å². The molecule has 0 aromatic heterocycles. The fraction of sp³-hybridized carbons (Fsp3) is 1.00. The first kappa shape index (κ1) is 15.0. The van der Waals surface area contributed by atoms with Gasteiger partial charge in [-0.3, -0.25) is 0 Å². The van der Waals surface area contributed by atoms with Crippen LogP contribution in [0.1, 0.15) is 74.1 Å². The molecule has 15 heavy (non-hydrogen) atoms. The quantitative estimate of drug-likeness (QED) is 0.521. The van der Waals surface area contributed by atoms with E-state index < -0.39 is 0 Å². The first-order valence-corrected chi connectivity index (χ1v) is 6.88. The average molecular weight is 212 g/mol. The van der Waals surface area contributed by atoms with Crippen molar-refractivity contribution in [2.24, 2.45) is 23.2 Å². The van der Waals surface area contributed by atoms with Gasteiger partial charge in [0.25, 0.3) is 0 Å². The van der Waals surface area contributed by atoms with E-state index >= 15 is 0 Å². The number of hydrogen-bond acceptors (Lipinski definition) is 0. The van der Waals surface area contributed by atoms with Gasteiger partial charge in [-0.1, -0.05) is 67.7 Å². The minimum absolute atomic E-state index is 0.524. The van der Waals surface area contributed by atoms with Crippen LogP contribution in [0.5, 0.6) is 0 Å². The third-order valence-electron chi connectivity index (χ3n) is 4.78. The van der Waals surface area contributed by atoms with Gasteiger partial charge in [-0.05, 0) is 29.6 Å². The summed E-state index contributed by atoms with van der Waals surface area (Å²) in [6, 6.07) is 0. The van der Waals surface area contributed by atoms with Gasteiger partial charge < -0.3 is 0 Å². The first-order chi connectivity index (χ1) is 6.88. The largest absolute Gasteiger partial charge is 0.0651 e. The second-order valence-corrected chi connectivity index (χ2v) is 6.05. The third kappa shape index (κ3) is 4.57. The zero-order valence-corrected chi connectivity index (χ0v) is 12.1. The van der Waals surface area contributed by atoms with Gasteiger partial charge >= 0.3 is 0 Å². The fourth-order valence-electron chi connectivity index (χ4n) is 2.41. The summed E-state index contributed by atoms with van der Waals surface area (Å²) < 4.78 is 0. The molecule has 3 unspecified atom stereocenters. The summed E-state index contributed by atoms with van der Waals surface area (Å²) in [5, 5.41) is 0. The molecule has 0 spiro atoms. The monoisotopic (exact) mass is 212 g/mol. The predicted molar refractivity (Wildman–Crippen MR) is 71.1 cm³/mol. The van der Waals surface area contributed by atoms with E-state index in [1.54, 1.807) is 0 Å². The third-order valence-corrected chi connectivity index (χ3v) is 4.78. The average Bonchev–Trinajstić information content (AvgIpc) is 2.23. The highest BCUT2D eigenvalue weighted by Gasteiger charge is 2.28. The SMILES string of the molecule is CCC(C)C(C)CC(CC)C(C)(C)CC. The molecule has 0 rings (SSSR count). The van der Waals surface area contributed by atoms with Crippen LogP contribution < -0.4 is 0 Å². The van der Waals surface area contributed by atoms with Crippen molar-refractivity contribution in [3.63, 3.8) is 0 Å². The zero-order chi connectivity index (χ0) is 12.1. The molecule has 0 aliphatic rings. The zero-order valence-electron chi connectivity index (χ0n) is 12.1. The molecule has 0 aromatic rings. The molecular weight excluding hydrogens is 180 g/mol. The maximum absolute atomic E-state index is 2.44. The van der Waals surface area contributed by atoms with Crippen molar-refractivity contribution < 1.29 is 0 Å². The van der Waals surface area contributed by atoms with Crippen LogP contribution in [0.15, 0.2) is 0 Å².